The normalized spacial score (nSPS) is 13.5. The van der Waals surface area contributed by atoms with E-state index in [0.717, 1.165) is 44.6 Å². The Hall–Kier alpha value is -3.11. The van der Waals surface area contributed by atoms with Crippen molar-refractivity contribution in [1.29, 1.82) is 0 Å². The zero-order valence-electron chi connectivity index (χ0n) is 18.1. The molecule has 0 aromatic heterocycles. The molecule has 0 saturated heterocycles. The van der Waals surface area contributed by atoms with Crippen molar-refractivity contribution in [3.8, 4) is 5.75 Å². The van der Waals surface area contributed by atoms with E-state index in [1.807, 2.05) is 30.3 Å². The summed E-state index contributed by atoms with van der Waals surface area (Å²) < 4.78 is 5.38. The average Bonchev–Trinajstić information content (AvgIpc) is 2.82. The molecule has 3 aromatic rings. The molecule has 0 atom stereocenters. The van der Waals surface area contributed by atoms with E-state index in [4.69, 9.17) is 4.74 Å². The number of carbonyl (C=O) groups is 1. The van der Waals surface area contributed by atoms with Crippen molar-refractivity contribution in [2.45, 2.75) is 32.4 Å². The molecular formula is C27H30N2O2. The van der Waals surface area contributed by atoms with Crippen LogP contribution in [0.5, 0.6) is 5.75 Å². The van der Waals surface area contributed by atoms with E-state index in [9.17, 15) is 4.79 Å². The van der Waals surface area contributed by atoms with Gasteiger partial charge in [-0.3, -0.25) is 9.69 Å². The van der Waals surface area contributed by atoms with Crippen LogP contribution in [-0.4, -0.2) is 31.0 Å². The van der Waals surface area contributed by atoms with Crippen LogP contribution >= 0.6 is 0 Å². The number of amides is 1. The number of para-hydroxylation sites is 1. The van der Waals surface area contributed by atoms with E-state index >= 15 is 0 Å². The molecule has 0 spiro atoms. The maximum atomic E-state index is 12.5. The molecule has 1 aliphatic rings. The molecule has 31 heavy (non-hydrogen) atoms. The second kappa shape index (κ2) is 10.3. The number of benzene rings is 3. The maximum Gasteiger partial charge on any atom is 0.251 e. The molecule has 0 unspecified atom stereocenters. The first-order valence-corrected chi connectivity index (χ1v) is 11.0. The molecule has 0 aliphatic carbocycles. The molecular weight excluding hydrogens is 384 g/mol. The lowest BCUT2D eigenvalue weighted by atomic mass is 9.99. The van der Waals surface area contributed by atoms with E-state index in [1.54, 1.807) is 7.11 Å². The number of rotatable bonds is 8. The molecule has 0 bridgehead atoms. The number of hydrogen-bond acceptors (Lipinski definition) is 3. The summed E-state index contributed by atoms with van der Waals surface area (Å²) in [6, 6.07) is 24.7. The Morgan fingerprint density at radius 3 is 2.52 bits per heavy atom. The van der Waals surface area contributed by atoms with Gasteiger partial charge in [0.05, 0.1) is 7.11 Å². The van der Waals surface area contributed by atoms with Crippen molar-refractivity contribution in [3.05, 3.63) is 101 Å². The van der Waals surface area contributed by atoms with Gasteiger partial charge in [0.25, 0.3) is 5.91 Å². The molecule has 4 heteroatoms. The molecule has 1 N–H and O–H groups in total. The summed E-state index contributed by atoms with van der Waals surface area (Å²) >= 11 is 0. The Balaban J connectivity index is 1.24. The van der Waals surface area contributed by atoms with E-state index in [0.29, 0.717) is 12.1 Å². The highest BCUT2D eigenvalue weighted by Crippen LogP contribution is 2.21. The molecule has 1 aliphatic heterocycles. The van der Waals surface area contributed by atoms with Gasteiger partial charge in [-0.25, -0.2) is 0 Å². The fourth-order valence-corrected chi connectivity index (χ4v) is 4.20. The largest absolute Gasteiger partial charge is 0.496 e. The van der Waals surface area contributed by atoms with Crippen LogP contribution in [-0.2, 0) is 25.9 Å². The topological polar surface area (TPSA) is 41.6 Å². The third kappa shape index (κ3) is 5.53. The van der Waals surface area contributed by atoms with Crippen LogP contribution in [0.4, 0.5) is 0 Å². The lowest BCUT2D eigenvalue weighted by Crippen LogP contribution is -2.30. The van der Waals surface area contributed by atoms with E-state index in [1.165, 1.54) is 22.3 Å². The van der Waals surface area contributed by atoms with Crippen LogP contribution in [0.1, 0.15) is 39.0 Å². The monoisotopic (exact) mass is 414 g/mol. The smallest absolute Gasteiger partial charge is 0.251 e. The average molecular weight is 415 g/mol. The van der Waals surface area contributed by atoms with Gasteiger partial charge in [0, 0.05) is 31.7 Å². The zero-order chi connectivity index (χ0) is 21.5. The van der Waals surface area contributed by atoms with Gasteiger partial charge in [-0.1, -0.05) is 54.6 Å². The van der Waals surface area contributed by atoms with E-state index in [2.05, 4.69) is 52.7 Å². The molecule has 4 rings (SSSR count). The minimum Gasteiger partial charge on any atom is -0.496 e. The van der Waals surface area contributed by atoms with Gasteiger partial charge < -0.3 is 10.1 Å². The summed E-state index contributed by atoms with van der Waals surface area (Å²) in [6.07, 6.45) is 2.86. The van der Waals surface area contributed by atoms with Crippen LogP contribution in [0.15, 0.2) is 72.8 Å². The first-order valence-electron chi connectivity index (χ1n) is 11.0. The minimum absolute atomic E-state index is 0.0153. The van der Waals surface area contributed by atoms with Crippen LogP contribution in [0.3, 0.4) is 0 Å². The molecule has 0 fully saturated rings. The van der Waals surface area contributed by atoms with Gasteiger partial charge in [-0.05, 0) is 59.7 Å². The number of nitrogens with one attached hydrogen (secondary N) is 1. The van der Waals surface area contributed by atoms with Gasteiger partial charge in [0.15, 0.2) is 0 Å². The standard InChI is InChI=1S/C27H30N2O2/c1-31-26-11-5-4-8-23(26)10-6-17-28-27(30)24-14-12-21(13-15-24)19-29-18-16-22-7-2-3-9-25(22)20-29/h2-5,7-9,11-15H,6,10,16-20H2,1H3,(H,28,30). The van der Waals surface area contributed by atoms with Crippen molar-refractivity contribution in [2.24, 2.45) is 0 Å². The fraction of sp³-hybridized carbons (Fsp3) is 0.296. The number of fused-ring (bicyclic) bond motifs is 1. The third-order valence-corrected chi connectivity index (χ3v) is 5.93. The summed E-state index contributed by atoms with van der Waals surface area (Å²) in [5, 5.41) is 3.03. The van der Waals surface area contributed by atoms with Crippen molar-refractivity contribution in [2.75, 3.05) is 20.2 Å². The van der Waals surface area contributed by atoms with Gasteiger partial charge in [-0.2, -0.15) is 0 Å². The molecule has 3 aromatic carbocycles. The highest BCUT2D eigenvalue weighted by Gasteiger charge is 2.16. The Bertz CT molecular complexity index is 1010. The summed E-state index contributed by atoms with van der Waals surface area (Å²) in [5.74, 6) is 0.889. The predicted octanol–water partition coefficient (Wildman–Crippen LogP) is 4.62. The van der Waals surface area contributed by atoms with Crippen molar-refractivity contribution >= 4 is 5.91 Å². The summed E-state index contributed by atoms with van der Waals surface area (Å²) in [4.78, 5) is 14.9. The van der Waals surface area contributed by atoms with E-state index in [-0.39, 0.29) is 5.91 Å². The SMILES string of the molecule is COc1ccccc1CCCNC(=O)c1ccc(CN2CCc3ccccc3C2)cc1. The van der Waals surface area contributed by atoms with Crippen molar-refractivity contribution in [3.63, 3.8) is 0 Å². The Labute approximate surface area is 184 Å². The Morgan fingerprint density at radius 1 is 0.968 bits per heavy atom. The second-order valence-electron chi connectivity index (χ2n) is 8.10. The number of methoxy groups -OCH3 is 1. The van der Waals surface area contributed by atoms with Crippen molar-refractivity contribution in [1.82, 2.24) is 10.2 Å². The van der Waals surface area contributed by atoms with Gasteiger partial charge >= 0.3 is 0 Å². The zero-order valence-corrected chi connectivity index (χ0v) is 18.1. The van der Waals surface area contributed by atoms with Gasteiger partial charge in [0.1, 0.15) is 5.75 Å². The first kappa shape index (κ1) is 21.1. The number of aryl methyl sites for hydroxylation is 1. The summed E-state index contributed by atoms with van der Waals surface area (Å²) in [5.41, 5.74) is 6.02. The highest BCUT2D eigenvalue weighted by molar-refractivity contribution is 5.94. The van der Waals surface area contributed by atoms with Crippen LogP contribution in [0.25, 0.3) is 0 Å². The second-order valence-corrected chi connectivity index (χ2v) is 8.10. The number of hydrogen-bond donors (Lipinski definition) is 1. The predicted molar refractivity (Wildman–Crippen MR) is 124 cm³/mol. The molecule has 160 valence electrons. The first-order chi connectivity index (χ1) is 15.2. The number of nitrogens with zero attached hydrogens (tertiary/aromatic N) is 1. The minimum atomic E-state index is -0.0153. The Morgan fingerprint density at radius 2 is 1.71 bits per heavy atom. The van der Waals surface area contributed by atoms with Crippen LogP contribution in [0, 0.1) is 0 Å². The molecule has 0 radical (unpaired) electrons. The van der Waals surface area contributed by atoms with Gasteiger partial charge in [0.2, 0.25) is 0 Å². The summed E-state index contributed by atoms with van der Waals surface area (Å²) in [7, 11) is 1.69. The maximum absolute atomic E-state index is 12.5. The number of ether oxygens (including phenoxy) is 1. The molecule has 4 nitrogen and oxygen atoms in total. The summed E-state index contributed by atoms with van der Waals surface area (Å²) in [6.45, 7) is 3.62. The lowest BCUT2D eigenvalue weighted by Gasteiger charge is -2.28. The molecule has 0 saturated carbocycles. The number of carbonyl (C=O) groups excluding carboxylic acids is 1. The highest BCUT2D eigenvalue weighted by atomic mass is 16.5. The third-order valence-electron chi connectivity index (χ3n) is 5.93. The quantitative estimate of drug-likeness (QED) is 0.547. The molecule has 1 heterocycles. The van der Waals surface area contributed by atoms with Crippen LogP contribution in [0.2, 0.25) is 0 Å². The van der Waals surface area contributed by atoms with Gasteiger partial charge in [-0.15, -0.1) is 0 Å². The van der Waals surface area contributed by atoms with Crippen molar-refractivity contribution < 1.29 is 9.53 Å². The fourth-order valence-electron chi connectivity index (χ4n) is 4.20. The molecule has 1 amide bonds. The van der Waals surface area contributed by atoms with E-state index < -0.39 is 0 Å². The lowest BCUT2D eigenvalue weighted by molar-refractivity contribution is 0.0953. The Kier molecular flexibility index (Phi) is 7.00. The van der Waals surface area contributed by atoms with Crippen LogP contribution < -0.4 is 10.1 Å².